The first kappa shape index (κ1) is 16.3. The van der Waals surface area contributed by atoms with Gasteiger partial charge in [-0.1, -0.05) is 35.2 Å². The first-order valence-corrected chi connectivity index (χ1v) is 7.93. The molecule has 0 atom stereocenters. The third kappa shape index (κ3) is 3.09. The van der Waals surface area contributed by atoms with Crippen molar-refractivity contribution in [2.75, 3.05) is 14.2 Å². The van der Waals surface area contributed by atoms with Crippen molar-refractivity contribution in [1.82, 2.24) is 0 Å². The molecule has 0 heterocycles. The summed E-state index contributed by atoms with van der Waals surface area (Å²) in [5, 5.41) is 9.92. The highest BCUT2D eigenvalue weighted by molar-refractivity contribution is 9.10. The smallest absolute Gasteiger partial charge is 0.314 e. The number of aliphatic carboxylic acids is 1. The number of ether oxygens (including phenoxy) is 2. The van der Waals surface area contributed by atoms with Crippen molar-refractivity contribution in [2.45, 2.75) is 44.1 Å². The van der Waals surface area contributed by atoms with E-state index in [-0.39, 0.29) is 0 Å². The van der Waals surface area contributed by atoms with Crippen LogP contribution in [0.25, 0.3) is 0 Å². The zero-order valence-corrected chi connectivity index (χ0v) is 14.0. The Balaban J connectivity index is 2.65. The van der Waals surface area contributed by atoms with Gasteiger partial charge in [-0.25, -0.2) is 0 Å². The third-order valence-electron chi connectivity index (χ3n) is 4.26. The van der Waals surface area contributed by atoms with E-state index in [1.807, 2.05) is 12.1 Å². The van der Waals surface area contributed by atoms with E-state index < -0.39 is 11.4 Å². The second kappa shape index (κ2) is 6.79. The molecule has 1 aliphatic rings. The van der Waals surface area contributed by atoms with Crippen LogP contribution in [0.4, 0.5) is 0 Å². The normalized spacial score (nSPS) is 17.5. The molecule has 1 fully saturated rings. The summed E-state index contributed by atoms with van der Waals surface area (Å²) >= 11 is 3.45. The number of hydrogen-bond acceptors (Lipinski definition) is 3. The number of benzene rings is 1. The lowest BCUT2D eigenvalue weighted by Crippen LogP contribution is -2.39. The molecule has 0 aromatic heterocycles. The van der Waals surface area contributed by atoms with Crippen molar-refractivity contribution >= 4 is 21.9 Å². The van der Waals surface area contributed by atoms with Gasteiger partial charge in [-0.3, -0.25) is 4.79 Å². The van der Waals surface area contributed by atoms with E-state index >= 15 is 0 Å². The first-order chi connectivity index (χ1) is 10.0. The van der Waals surface area contributed by atoms with Crippen LogP contribution in [0.3, 0.4) is 0 Å². The van der Waals surface area contributed by atoms with Crippen LogP contribution < -0.4 is 4.74 Å². The fourth-order valence-electron chi connectivity index (χ4n) is 3.34. The van der Waals surface area contributed by atoms with Crippen molar-refractivity contribution in [3.05, 3.63) is 27.7 Å². The predicted octanol–water partition coefficient (Wildman–Crippen LogP) is 3.89. The Labute approximate surface area is 133 Å². The first-order valence-electron chi connectivity index (χ1n) is 7.14. The molecule has 2 rings (SSSR count). The number of carboxylic acids is 1. The fraction of sp³-hybridized carbons (Fsp3) is 0.562. The fourth-order valence-corrected chi connectivity index (χ4v) is 3.82. The molecular formula is C16H21BrO4. The van der Waals surface area contributed by atoms with Gasteiger partial charge in [-0.2, -0.15) is 0 Å². The monoisotopic (exact) mass is 356 g/mol. The van der Waals surface area contributed by atoms with E-state index in [4.69, 9.17) is 9.47 Å². The van der Waals surface area contributed by atoms with Crippen LogP contribution in [-0.4, -0.2) is 25.3 Å². The minimum atomic E-state index is -0.863. The van der Waals surface area contributed by atoms with Gasteiger partial charge in [0.1, 0.15) is 5.75 Å². The Morgan fingerprint density at radius 1 is 1.29 bits per heavy atom. The lowest BCUT2D eigenvalue weighted by Gasteiger charge is -2.36. The zero-order chi connectivity index (χ0) is 15.5. The maximum Gasteiger partial charge on any atom is 0.314 e. The number of methoxy groups -OCH3 is 2. The van der Waals surface area contributed by atoms with Gasteiger partial charge in [0.25, 0.3) is 0 Å². The van der Waals surface area contributed by atoms with Gasteiger partial charge < -0.3 is 14.6 Å². The molecule has 0 saturated heterocycles. The van der Waals surface area contributed by atoms with E-state index in [9.17, 15) is 9.90 Å². The van der Waals surface area contributed by atoms with Crippen LogP contribution in [0.1, 0.15) is 43.2 Å². The predicted molar refractivity (Wildman–Crippen MR) is 83.8 cm³/mol. The van der Waals surface area contributed by atoms with Gasteiger partial charge in [0.15, 0.2) is 0 Å². The van der Waals surface area contributed by atoms with Crippen molar-refractivity contribution in [3.8, 4) is 5.75 Å². The summed E-state index contributed by atoms with van der Waals surface area (Å²) in [5.41, 5.74) is 0.799. The summed E-state index contributed by atoms with van der Waals surface area (Å²) in [6, 6.07) is 3.77. The molecule has 5 heteroatoms. The van der Waals surface area contributed by atoms with Crippen LogP contribution in [0.15, 0.2) is 16.6 Å². The highest BCUT2D eigenvalue weighted by Gasteiger charge is 2.44. The second-order valence-electron chi connectivity index (χ2n) is 5.52. The maximum absolute atomic E-state index is 12.1. The quantitative estimate of drug-likeness (QED) is 0.869. The highest BCUT2D eigenvalue weighted by atomic mass is 79.9. The van der Waals surface area contributed by atoms with Gasteiger partial charge in [0.2, 0.25) is 0 Å². The molecule has 1 N–H and O–H groups in total. The average Bonchev–Trinajstić information content (AvgIpc) is 2.47. The molecular weight excluding hydrogens is 336 g/mol. The SMILES string of the molecule is COCc1cc(Br)cc(OC)c1C1(C(=O)O)CCCCC1. The van der Waals surface area contributed by atoms with Crippen molar-refractivity contribution < 1.29 is 19.4 Å². The van der Waals surface area contributed by atoms with E-state index in [2.05, 4.69) is 15.9 Å². The molecule has 1 aliphatic carbocycles. The lowest BCUT2D eigenvalue weighted by atomic mass is 9.68. The minimum Gasteiger partial charge on any atom is -0.496 e. The molecule has 0 aliphatic heterocycles. The number of carbonyl (C=O) groups is 1. The summed E-state index contributed by atoms with van der Waals surface area (Å²) in [6.45, 7) is 0.375. The Morgan fingerprint density at radius 3 is 2.48 bits per heavy atom. The Hall–Kier alpha value is -1.07. The molecule has 0 bridgehead atoms. The van der Waals surface area contributed by atoms with Crippen LogP contribution in [0, 0.1) is 0 Å². The summed E-state index contributed by atoms with van der Waals surface area (Å²) in [4.78, 5) is 12.1. The molecule has 4 nitrogen and oxygen atoms in total. The summed E-state index contributed by atoms with van der Waals surface area (Å²) < 4.78 is 11.6. The van der Waals surface area contributed by atoms with Gasteiger partial charge >= 0.3 is 5.97 Å². The van der Waals surface area contributed by atoms with Crippen LogP contribution in [0.2, 0.25) is 0 Å². The van der Waals surface area contributed by atoms with Gasteiger partial charge in [-0.05, 0) is 30.5 Å². The minimum absolute atomic E-state index is 0.375. The Bertz CT molecular complexity index is 521. The largest absolute Gasteiger partial charge is 0.496 e. The van der Waals surface area contributed by atoms with Crippen molar-refractivity contribution in [2.24, 2.45) is 0 Å². The molecule has 1 saturated carbocycles. The van der Waals surface area contributed by atoms with E-state index in [0.29, 0.717) is 25.2 Å². The molecule has 116 valence electrons. The van der Waals surface area contributed by atoms with Gasteiger partial charge in [-0.15, -0.1) is 0 Å². The maximum atomic E-state index is 12.1. The van der Waals surface area contributed by atoms with E-state index in [1.165, 1.54) is 0 Å². The van der Waals surface area contributed by atoms with Crippen LogP contribution in [0.5, 0.6) is 5.75 Å². The van der Waals surface area contributed by atoms with Crippen molar-refractivity contribution in [3.63, 3.8) is 0 Å². The van der Waals surface area contributed by atoms with E-state index in [1.54, 1.807) is 14.2 Å². The summed E-state index contributed by atoms with van der Waals surface area (Å²) in [7, 11) is 3.20. The topological polar surface area (TPSA) is 55.8 Å². The molecule has 21 heavy (non-hydrogen) atoms. The third-order valence-corrected chi connectivity index (χ3v) is 4.72. The molecule has 0 amide bonds. The average molecular weight is 357 g/mol. The Kier molecular flexibility index (Phi) is 5.27. The second-order valence-corrected chi connectivity index (χ2v) is 6.44. The summed E-state index contributed by atoms with van der Waals surface area (Å²) in [6.07, 6.45) is 4.25. The molecule has 1 aromatic carbocycles. The molecule has 0 unspecified atom stereocenters. The van der Waals surface area contributed by atoms with Gasteiger partial charge in [0, 0.05) is 17.1 Å². The summed E-state index contributed by atoms with van der Waals surface area (Å²) in [5.74, 6) is -0.138. The van der Waals surface area contributed by atoms with Crippen LogP contribution >= 0.6 is 15.9 Å². The lowest BCUT2D eigenvalue weighted by molar-refractivity contribution is -0.145. The Morgan fingerprint density at radius 2 is 1.95 bits per heavy atom. The molecule has 0 radical (unpaired) electrons. The number of halogens is 1. The van der Waals surface area contributed by atoms with Crippen molar-refractivity contribution in [1.29, 1.82) is 0 Å². The van der Waals surface area contributed by atoms with Gasteiger partial charge in [0.05, 0.1) is 19.1 Å². The number of hydrogen-bond donors (Lipinski definition) is 1. The van der Waals surface area contributed by atoms with Crippen LogP contribution in [-0.2, 0) is 21.6 Å². The number of carboxylic acid groups (broad SMARTS) is 1. The molecule has 1 aromatic rings. The zero-order valence-electron chi connectivity index (χ0n) is 12.4. The number of rotatable bonds is 5. The highest BCUT2D eigenvalue weighted by Crippen LogP contribution is 2.46. The van der Waals surface area contributed by atoms with E-state index in [0.717, 1.165) is 34.9 Å². The molecule has 0 spiro atoms. The standard InChI is InChI=1S/C16H21BrO4/c1-20-10-11-8-12(17)9-13(21-2)14(11)16(15(18)19)6-4-3-5-7-16/h8-9H,3-7,10H2,1-2H3,(H,18,19).